The first kappa shape index (κ1) is 48.7. The summed E-state index contributed by atoms with van der Waals surface area (Å²) in [7, 11) is 0. The van der Waals surface area contributed by atoms with Gasteiger partial charge < -0.3 is 49.1 Å². The number of hydrogen-bond donors (Lipinski definition) is 3. The second kappa shape index (κ2) is 19.0. The fraction of sp³-hybridized carbons (Fsp3) is 0.886. The van der Waals surface area contributed by atoms with E-state index in [-0.39, 0.29) is 71.2 Å². The molecule has 0 aromatic heterocycles. The van der Waals surface area contributed by atoms with Gasteiger partial charge in [-0.15, -0.1) is 0 Å². The number of amides is 1. The quantitative estimate of drug-likeness (QED) is 0.184. The number of aliphatic carboxylic acids is 1. The van der Waals surface area contributed by atoms with Crippen LogP contribution in [-0.4, -0.2) is 93.3 Å². The standard InChI is InChI=1S/C44H73NO11.Na/c1-12-31(40(49)50)33-16-15-24(4)38(53-33)28(8)36(47)27(7)37(48)32(13-2)39-25(5)23-26(6)43(54-39)20-17-34(45-30(10)46)44(56-43)22-21-41(11,55-44)35-18-19-42(51,14-3)29(9)52-35;/h17,20,24-29,31-36,38-39,47,51H,12-16,18-19,21-23H2,1-11H3,(H,45,46)(H,49,50);/q;+1/p-1/t24-,25-,26+,27-,28-,29-,31+,32-,33+,34-,35+,36+,38+,39-,41-,42+,43-,44-;/m0./s1. The molecule has 18 atom stereocenters. The van der Waals surface area contributed by atoms with Gasteiger partial charge in [0.15, 0.2) is 11.6 Å². The van der Waals surface area contributed by atoms with Gasteiger partial charge in [0.2, 0.25) is 5.91 Å². The van der Waals surface area contributed by atoms with Crippen LogP contribution in [0, 0.1) is 41.4 Å². The van der Waals surface area contributed by atoms with Crippen molar-refractivity contribution in [2.24, 2.45) is 41.4 Å². The van der Waals surface area contributed by atoms with E-state index in [9.17, 15) is 29.7 Å². The van der Waals surface area contributed by atoms with Crippen molar-refractivity contribution in [3.63, 3.8) is 0 Å². The molecule has 0 aliphatic carbocycles. The summed E-state index contributed by atoms with van der Waals surface area (Å²) in [4.78, 5) is 38.9. The van der Waals surface area contributed by atoms with Gasteiger partial charge in [-0.3, -0.25) is 9.59 Å². The van der Waals surface area contributed by atoms with Gasteiger partial charge in [-0.1, -0.05) is 61.5 Å². The molecule has 5 rings (SSSR count). The van der Waals surface area contributed by atoms with E-state index in [1.807, 2.05) is 53.7 Å². The molecule has 5 aliphatic heterocycles. The van der Waals surface area contributed by atoms with Crippen molar-refractivity contribution < 1.29 is 82.9 Å². The van der Waals surface area contributed by atoms with Crippen molar-refractivity contribution >= 4 is 17.7 Å². The van der Waals surface area contributed by atoms with Crippen LogP contribution in [0.2, 0.25) is 0 Å². The maximum atomic E-state index is 14.5. The minimum absolute atomic E-state index is 0. The van der Waals surface area contributed by atoms with Crippen molar-refractivity contribution in [1.82, 2.24) is 5.32 Å². The van der Waals surface area contributed by atoms with E-state index in [2.05, 4.69) is 26.1 Å². The summed E-state index contributed by atoms with van der Waals surface area (Å²) < 4.78 is 34.1. The van der Waals surface area contributed by atoms with Crippen LogP contribution in [-0.2, 0) is 38.1 Å². The maximum Gasteiger partial charge on any atom is 1.00 e. The normalized spacial score (nSPS) is 43.4. The van der Waals surface area contributed by atoms with Crippen LogP contribution in [0.4, 0.5) is 0 Å². The number of ether oxygens (including phenoxy) is 5. The smallest absolute Gasteiger partial charge is 0.550 e. The first-order valence-electron chi connectivity index (χ1n) is 21.7. The molecule has 1 amide bonds. The van der Waals surface area contributed by atoms with Crippen LogP contribution in [0.25, 0.3) is 0 Å². The van der Waals surface area contributed by atoms with E-state index in [0.717, 1.165) is 6.42 Å². The van der Waals surface area contributed by atoms with Crippen molar-refractivity contribution in [1.29, 1.82) is 0 Å². The molecule has 4 saturated heterocycles. The third-order valence-electron chi connectivity index (χ3n) is 14.8. The summed E-state index contributed by atoms with van der Waals surface area (Å²) in [6.45, 7) is 21.0. The predicted molar refractivity (Wildman–Crippen MR) is 208 cm³/mol. The third-order valence-corrected chi connectivity index (χ3v) is 14.8. The molecule has 5 aliphatic rings. The number of rotatable bonds is 13. The van der Waals surface area contributed by atoms with Crippen LogP contribution in [0.5, 0.6) is 0 Å². The zero-order valence-corrected chi connectivity index (χ0v) is 38.9. The first-order chi connectivity index (χ1) is 26.2. The van der Waals surface area contributed by atoms with Crippen LogP contribution in [0.3, 0.4) is 0 Å². The Hall–Kier alpha value is -0.930. The first-order valence-corrected chi connectivity index (χ1v) is 21.7. The van der Waals surface area contributed by atoms with Crippen molar-refractivity contribution in [3.8, 4) is 0 Å². The summed E-state index contributed by atoms with van der Waals surface area (Å²) in [6, 6.07) is -0.599. The molecular weight excluding hydrogens is 741 g/mol. The molecule has 0 saturated carbocycles. The molecule has 0 bridgehead atoms. The second-order valence-electron chi connectivity index (χ2n) is 18.6. The zero-order chi connectivity index (χ0) is 41.5. The van der Waals surface area contributed by atoms with Crippen LogP contribution in [0.1, 0.15) is 140 Å². The van der Waals surface area contributed by atoms with E-state index >= 15 is 0 Å². The minimum atomic E-state index is -1.27. The molecule has 320 valence electrons. The van der Waals surface area contributed by atoms with Gasteiger partial charge in [-0.2, -0.15) is 0 Å². The van der Waals surface area contributed by atoms with Crippen LogP contribution < -0.4 is 40.0 Å². The third kappa shape index (κ3) is 9.61. The molecule has 5 heterocycles. The molecule has 12 nitrogen and oxygen atoms in total. The number of hydrogen-bond acceptors (Lipinski definition) is 11. The largest absolute Gasteiger partial charge is 1.00 e. The average molecular weight is 814 g/mol. The number of carbonyl (C=O) groups excluding carboxylic acids is 3. The number of aliphatic hydroxyl groups excluding tert-OH is 1. The Bertz CT molecular complexity index is 1450. The van der Waals surface area contributed by atoms with Gasteiger partial charge in [0.05, 0.1) is 47.8 Å². The van der Waals surface area contributed by atoms with Crippen molar-refractivity contribution in [2.45, 2.75) is 206 Å². The fourth-order valence-corrected chi connectivity index (χ4v) is 10.9. The van der Waals surface area contributed by atoms with Gasteiger partial charge in [-0.25, -0.2) is 0 Å². The summed E-state index contributed by atoms with van der Waals surface area (Å²) >= 11 is 0. The Morgan fingerprint density at radius 3 is 2.16 bits per heavy atom. The minimum Gasteiger partial charge on any atom is -0.550 e. The number of carboxylic acid groups (broad SMARTS) is 1. The Morgan fingerprint density at radius 1 is 0.912 bits per heavy atom. The second-order valence-corrected chi connectivity index (χ2v) is 18.6. The van der Waals surface area contributed by atoms with E-state index in [0.29, 0.717) is 57.8 Å². The number of carboxylic acids is 1. The molecule has 13 heteroatoms. The molecule has 57 heavy (non-hydrogen) atoms. The Kier molecular flexibility index (Phi) is 16.2. The van der Waals surface area contributed by atoms with Crippen molar-refractivity contribution in [2.75, 3.05) is 0 Å². The van der Waals surface area contributed by atoms with Crippen molar-refractivity contribution in [3.05, 3.63) is 12.2 Å². The number of Topliss-reactive ketones (excluding diaryl/α,β-unsaturated/α-hetero) is 1. The summed E-state index contributed by atoms with van der Waals surface area (Å²) in [5.74, 6) is -6.44. The van der Waals surface area contributed by atoms with Gasteiger partial charge in [0.25, 0.3) is 0 Å². The van der Waals surface area contributed by atoms with Gasteiger partial charge in [0.1, 0.15) is 11.8 Å². The average Bonchev–Trinajstić information content (AvgIpc) is 3.49. The van der Waals surface area contributed by atoms with E-state index in [4.69, 9.17) is 23.7 Å². The van der Waals surface area contributed by atoms with Gasteiger partial charge in [-0.05, 0) is 89.5 Å². The maximum absolute atomic E-state index is 14.5. The molecule has 0 aromatic rings. The van der Waals surface area contributed by atoms with Crippen LogP contribution in [0.15, 0.2) is 12.2 Å². The molecular formula is C44H72NNaO11. The Labute approximate surface area is 363 Å². The van der Waals surface area contributed by atoms with E-state index in [1.54, 1.807) is 6.92 Å². The predicted octanol–water partition coefficient (Wildman–Crippen LogP) is 2.00. The number of ketones is 1. The monoisotopic (exact) mass is 814 g/mol. The molecule has 0 unspecified atom stereocenters. The number of carbonyl (C=O) groups is 3. The molecule has 4 fully saturated rings. The molecule has 0 radical (unpaired) electrons. The van der Waals surface area contributed by atoms with Crippen LogP contribution >= 0.6 is 0 Å². The fourth-order valence-electron chi connectivity index (χ4n) is 10.9. The SMILES string of the molecule is CC[C@@H](C(=O)[C@@H](C)[C@@H](O)[C@H](C)[C@@H]1O[C@@H]([C@@H](CC)C(=O)[O-])CC[C@@H]1C)[C@H]1O[C@]2(C=C[C@H](NC(C)=O)[C@]3(CC[C@@](C)([C@H]4CC[C@](O)(CC)[C@H](C)O4)O3)O2)[C@H](C)C[C@@H]1C.[Na+]. The summed E-state index contributed by atoms with van der Waals surface area (Å²) in [6.07, 6.45) is 6.51. The Morgan fingerprint density at radius 2 is 1.58 bits per heavy atom. The molecule has 0 aromatic carbocycles. The van der Waals surface area contributed by atoms with Gasteiger partial charge in [0, 0.05) is 48.9 Å². The topological polar surface area (TPSA) is 173 Å². The summed E-state index contributed by atoms with van der Waals surface area (Å²) in [5.41, 5.74) is -1.65. The van der Waals surface area contributed by atoms with E-state index < -0.39 is 82.9 Å². The number of nitrogens with one attached hydrogen (secondary N) is 1. The Balaban J connectivity index is 0.00000720. The van der Waals surface area contributed by atoms with E-state index in [1.165, 1.54) is 6.92 Å². The van der Waals surface area contributed by atoms with Gasteiger partial charge >= 0.3 is 29.6 Å². The molecule has 2 spiro atoms. The molecule has 3 N–H and O–H groups in total. The number of aliphatic hydroxyl groups is 2. The zero-order valence-electron chi connectivity index (χ0n) is 36.9. The summed E-state index contributed by atoms with van der Waals surface area (Å²) in [5, 5.41) is 37.8.